The fourth-order valence-electron chi connectivity index (χ4n) is 3.20. The molecule has 0 aliphatic heterocycles. The second-order valence-corrected chi connectivity index (χ2v) is 8.17. The highest BCUT2D eigenvalue weighted by atomic mass is 32.2. The van der Waals surface area contributed by atoms with Crippen LogP contribution in [0.1, 0.15) is 0 Å². The minimum Gasteiger partial charge on any atom is -0.377 e. The summed E-state index contributed by atoms with van der Waals surface area (Å²) in [5.41, 5.74) is 1.71. The van der Waals surface area contributed by atoms with Gasteiger partial charge in [-0.1, -0.05) is 42.5 Å². The number of pyridine rings is 1. The van der Waals surface area contributed by atoms with Crippen molar-refractivity contribution in [1.29, 1.82) is 0 Å². The first-order chi connectivity index (χ1) is 13.0. The maximum absolute atomic E-state index is 13.1. The van der Waals surface area contributed by atoms with Crippen LogP contribution in [0.2, 0.25) is 0 Å². The predicted molar refractivity (Wildman–Crippen MR) is 111 cm³/mol. The zero-order chi connectivity index (χ0) is 19.0. The molecule has 0 aliphatic carbocycles. The van der Waals surface area contributed by atoms with Gasteiger partial charge >= 0.3 is 0 Å². The standard InChI is InChI=1S/C21H19N3O2S/c1-24(2)19-11-5-9-17-16(19)8-6-12-20(17)27(25,26)23-21-14-13-15-7-3-4-10-18(15)22-21/h3-14H,1-2H3,(H,22,23). The maximum Gasteiger partial charge on any atom is 0.263 e. The maximum atomic E-state index is 13.1. The summed E-state index contributed by atoms with van der Waals surface area (Å²) >= 11 is 0. The molecule has 1 aromatic heterocycles. The van der Waals surface area contributed by atoms with Crippen LogP contribution in [0.5, 0.6) is 0 Å². The predicted octanol–water partition coefficient (Wildman–Crippen LogP) is 4.25. The van der Waals surface area contributed by atoms with E-state index in [0.717, 1.165) is 22.0 Å². The molecule has 4 rings (SSSR count). The lowest BCUT2D eigenvalue weighted by molar-refractivity contribution is 0.602. The fourth-order valence-corrected chi connectivity index (χ4v) is 4.43. The van der Waals surface area contributed by atoms with Crippen LogP contribution in [0, 0.1) is 0 Å². The van der Waals surface area contributed by atoms with Gasteiger partial charge in [-0.25, -0.2) is 13.4 Å². The van der Waals surface area contributed by atoms with Crippen LogP contribution >= 0.6 is 0 Å². The topological polar surface area (TPSA) is 62.3 Å². The molecule has 1 N–H and O–H groups in total. The SMILES string of the molecule is CN(C)c1cccc2c(S(=O)(=O)Nc3ccc4ccccc4n3)cccc12. The molecule has 136 valence electrons. The quantitative estimate of drug-likeness (QED) is 0.577. The summed E-state index contributed by atoms with van der Waals surface area (Å²) in [7, 11) is 0.0933. The Kier molecular flexibility index (Phi) is 4.20. The van der Waals surface area contributed by atoms with Crippen molar-refractivity contribution >= 4 is 43.2 Å². The summed E-state index contributed by atoms with van der Waals surface area (Å²) in [6.07, 6.45) is 0. The van der Waals surface area contributed by atoms with Crippen molar-refractivity contribution in [2.24, 2.45) is 0 Å². The fraction of sp³-hybridized carbons (Fsp3) is 0.0952. The Labute approximate surface area is 158 Å². The molecule has 27 heavy (non-hydrogen) atoms. The number of anilines is 2. The van der Waals surface area contributed by atoms with E-state index in [1.807, 2.05) is 73.6 Å². The van der Waals surface area contributed by atoms with E-state index >= 15 is 0 Å². The first kappa shape index (κ1) is 17.3. The van der Waals surface area contributed by atoms with E-state index in [1.165, 1.54) is 0 Å². The Morgan fingerprint density at radius 1 is 0.815 bits per heavy atom. The second-order valence-electron chi connectivity index (χ2n) is 6.52. The smallest absolute Gasteiger partial charge is 0.263 e. The number of hydrogen-bond acceptors (Lipinski definition) is 4. The van der Waals surface area contributed by atoms with Crippen LogP contribution < -0.4 is 9.62 Å². The number of nitrogens with one attached hydrogen (secondary N) is 1. The van der Waals surface area contributed by atoms with Crippen molar-refractivity contribution in [3.8, 4) is 0 Å². The lowest BCUT2D eigenvalue weighted by Crippen LogP contribution is -2.15. The molecule has 4 aromatic rings. The van der Waals surface area contributed by atoms with Crippen LogP contribution in [0.4, 0.5) is 11.5 Å². The molecule has 6 heteroatoms. The van der Waals surface area contributed by atoms with Crippen LogP contribution in [-0.2, 0) is 10.0 Å². The molecule has 0 saturated carbocycles. The Balaban J connectivity index is 1.80. The monoisotopic (exact) mass is 377 g/mol. The Morgan fingerprint density at radius 3 is 2.37 bits per heavy atom. The van der Waals surface area contributed by atoms with E-state index in [-0.39, 0.29) is 4.90 Å². The summed E-state index contributed by atoms with van der Waals surface area (Å²) in [6.45, 7) is 0. The second kappa shape index (κ2) is 6.55. The highest BCUT2D eigenvalue weighted by Gasteiger charge is 2.19. The van der Waals surface area contributed by atoms with Crippen LogP contribution in [0.25, 0.3) is 21.7 Å². The van der Waals surface area contributed by atoms with Crippen LogP contribution in [-0.4, -0.2) is 27.5 Å². The lowest BCUT2D eigenvalue weighted by atomic mass is 10.1. The summed E-state index contributed by atoms with van der Waals surface area (Å²) in [5.74, 6) is 0.300. The van der Waals surface area contributed by atoms with E-state index in [4.69, 9.17) is 0 Å². The third kappa shape index (κ3) is 3.19. The number of fused-ring (bicyclic) bond motifs is 2. The van der Waals surface area contributed by atoms with E-state index in [0.29, 0.717) is 11.2 Å². The highest BCUT2D eigenvalue weighted by molar-refractivity contribution is 7.93. The molecule has 0 spiro atoms. The molecule has 0 fully saturated rings. The number of hydrogen-bond donors (Lipinski definition) is 1. The third-order valence-electron chi connectivity index (χ3n) is 4.47. The molecule has 3 aromatic carbocycles. The summed E-state index contributed by atoms with van der Waals surface area (Å²) < 4.78 is 28.8. The van der Waals surface area contributed by atoms with E-state index in [1.54, 1.807) is 18.2 Å². The Bertz CT molecular complexity index is 1250. The summed E-state index contributed by atoms with van der Waals surface area (Å²) in [6, 6.07) is 22.1. The van der Waals surface area contributed by atoms with Gasteiger partial charge < -0.3 is 4.90 Å². The molecule has 0 radical (unpaired) electrons. The van der Waals surface area contributed by atoms with Crippen molar-refractivity contribution in [2.75, 3.05) is 23.7 Å². The van der Waals surface area contributed by atoms with Gasteiger partial charge in [0.1, 0.15) is 5.82 Å². The molecular formula is C21H19N3O2S. The van der Waals surface area contributed by atoms with Crippen molar-refractivity contribution in [2.45, 2.75) is 4.90 Å². The minimum atomic E-state index is -3.78. The van der Waals surface area contributed by atoms with Crippen molar-refractivity contribution in [3.63, 3.8) is 0 Å². The first-order valence-electron chi connectivity index (χ1n) is 8.53. The molecule has 5 nitrogen and oxygen atoms in total. The van der Waals surface area contributed by atoms with Crippen LogP contribution in [0.15, 0.2) is 77.7 Å². The Hall–Kier alpha value is -3.12. The molecule has 0 unspecified atom stereocenters. The highest BCUT2D eigenvalue weighted by Crippen LogP contribution is 2.31. The number of rotatable bonds is 4. The van der Waals surface area contributed by atoms with E-state index < -0.39 is 10.0 Å². The van der Waals surface area contributed by atoms with Crippen LogP contribution in [0.3, 0.4) is 0 Å². The number of aromatic nitrogens is 1. The largest absolute Gasteiger partial charge is 0.377 e. The van der Waals surface area contributed by atoms with Gasteiger partial charge in [0.15, 0.2) is 0 Å². The first-order valence-corrected chi connectivity index (χ1v) is 10.0. The van der Waals surface area contributed by atoms with Gasteiger partial charge in [-0.2, -0.15) is 0 Å². The lowest BCUT2D eigenvalue weighted by Gasteiger charge is -2.17. The Morgan fingerprint density at radius 2 is 1.56 bits per heavy atom. The van der Waals surface area contributed by atoms with Crippen molar-refractivity contribution in [1.82, 2.24) is 4.98 Å². The van der Waals surface area contributed by atoms with Gasteiger partial charge in [0, 0.05) is 35.9 Å². The number of sulfonamides is 1. The normalized spacial score (nSPS) is 11.6. The van der Waals surface area contributed by atoms with Gasteiger partial charge in [0.05, 0.1) is 10.4 Å². The third-order valence-corrected chi connectivity index (χ3v) is 5.88. The number of para-hydroxylation sites is 1. The molecular weight excluding hydrogens is 358 g/mol. The van der Waals surface area contributed by atoms with Gasteiger partial charge in [-0.3, -0.25) is 4.72 Å². The number of nitrogens with zero attached hydrogens (tertiary/aromatic N) is 2. The summed E-state index contributed by atoms with van der Waals surface area (Å²) in [5, 5.41) is 2.52. The average Bonchev–Trinajstić information content (AvgIpc) is 2.66. The van der Waals surface area contributed by atoms with Gasteiger partial charge in [-0.15, -0.1) is 0 Å². The van der Waals surface area contributed by atoms with Crippen molar-refractivity contribution in [3.05, 3.63) is 72.8 Å². The van der Waals surface area contributed by atoms with E-state index in [2.05, 4.69) is 9.71 Å². The molecule has 0 bridgehead atoms. The zero-order valence-corrected chi connectivity index (χ0v) is 15.9. The van der Waals surface area contributed by atoms with Gasteiger partial charge in [0.25, 0.3) is 10.0 Å². The molecule has 0 saturated heterocycles. The molecule has 1 heterocycles. The molecule has 0 amide bonds. The van der Waals surface area contributed by atoms with Crippen molar-refractivity contribution < 1.29 is 8.42 Å². The molecule has 0 aliphatic rings. The van der Waals surface area contributed by atoms with E-state index in [9.17, 15) is 8.42 Å². The zero-order valence-electron chi connectivity index (χ0n) is 15.0. The number of benzene rings is 3. The summed E-state index contributed by atoms with van der Waals surface area (Å²) in [4.78, 5) is 6.62. The molecule has 0 atom stereocenters. The minimum absolute atomic E-state index is 0.235. The van der Waals surface area contributed by atoms with Gasteiger partial charge in [0.2, 0.25) is 0 Å². The average molecular weight is 377 g/mol. The van der Waals surface area contributed by atoms with Gasteiger partial charge in [-0.05, 0) is 30.3 Å².